The highest BCUT2D eigenvalue weighted by Crippen LogP contribution is 2.23. The van der Waals surface area contributed by atoms with Crippen molar-refractivity contribution < 1.29 is 12.9 Å². The minimum atomic E-state index is -3.61. The number of sulfonamides is 1. The SMILES string of the molecule is Cc1ccccc1-c1noc(CNS(=O)(=O)Cc2ccc(Cl)c(Cl)c2)n1. The number of hydrogen-bond acceptors (Lipinski definition) is 5. The molecule has 0 atom stereocenters. The number of aromatic nitrogens is 2. The summed E-state index contributed by atoms with van der Waals surface area (Å²) >= 11 is 11.7. The Morgan fingerprint density at radius 1 is 1.12 bits per heavy atom. The third-order valence-corrected chi connectivity index (χ3v) is 5.67. The fourth-order valence-electron chi connectivity index (χ4n) is 2.33. The molecule has 0 bridgehead atoms. The van der Waals surface area contributed by atoms with E-state index in [2.05, 4.69) is 14.9 Å². The van der Waals surface area contributed by atoms with Crippen molar-refractivity contribution in [3.8, 4) is 11.4 Å². The molecule has 0 unspecified atom stereocenters. The first kappa shape index (κ1) is 18.8. The molecule has 0 spiro atoms. The Kier molecular flexibility index (Phi) is 5.62. The average molecular weight is 412 g/mol. The van der Waals surface area contributed by atoms with Crippen LogP contribution in [-0.2, 0) is 22.3 Å². The first-order valence-corrected chi connectivity index (χ1v) is 10.0. The van der Waals surface area contributed by atoms with Gasteiger partial charge in [-0.1, -0.05) is 58.7 Å². The predicted molar refractivity (Wildman–Crippen MR) is 100 cm³/mol. The Balaban J connectivity index is 1.66. The predicted octanol–water partition coefficient (Wildman–Crippen LogP) is 3.97. The number of hydrogen-bond donors (Lipinski definition) is 1. The lowest BCUT2D eigenvalue weighted by atomic mass is 10.1. The van der Waals surface area contributed by atoms with E-state index in [9.17, 15) is 8.42 Å². The van der Waals surface area contributed by atoms with E-state index in [1.54, 1.807) is 12.1 Å². The lowest BCUT2D eigenvalue weighted by Gasteiger charge is -2.06. The molecule has 6 nitrogen and oxygen atoms in total. The average Bonchev–Trinajstić information content (AvgIpc) is 3.05. The van der Waals surface area contributed by atoms with Gasteiger partial charge in [0.2, 0.25) is 21.7 Å². The van der Waals surface area contributed by atoms with Crippen LogP contribution in [0.5, 0.6) is 0 Å². The van der Waals surface area contributed by atoms with Crippen molar-refractivity contribution in [2.75, 3.05) is 0 Å². The van der Waals surface area contributed by atoms with Gasteiger partial charge in [0.1, 0.15) is 0 Å². The Morgan fingerprint density at radius 3 is 2.62 bits per heavy atom. The maximum absolute atomic E-state index is 12.2. The smallest absolute Gasteiger partial charge is 0.242 e. The second-order valence-electron chi connectivity index (χ2n) is 5.66. The van der Waals surface area contributed by atoms with E-state index >= 15 is 0 Å². The van der Waals surface area contributed by atoms with Gasteiger partial charge in [-0.05, 0) is 30.2 Å². The van der Waals surface area contributed by atoms with Gasteiger partial charge in [-0.2, -0.15) is 4.98 Å². The number of nitrogens with one attached hydrogen (secondary N) is 1. The molecule has 26 heavy (non-hydrogen) atoms. The minimum absolute atomic E-state index is 0.0947. The summed E-state index contributed by atoms with van der Waals surface area (Å²) in [4.78, 5) is 4.23. The second kappa shape index (κ2) is 7.75. The molecule has 1 N–H and O–H groups in total. The molecule has 2 aromatic carbocycles. The highest BCUT2D eigenvalue weighted by atomic mass is 35.5. The van der Waals surface area contributed by atoms with Gasteiger partial charge < -0.3 is 4.52 Å². The van der Waals surface area contributed by atoms with Crippen molar-refractivity contribution in [2.24, 2.45) is 0 Å². The largest absolute Gasteiger partial charge is 0.338 e. The van der Waals surface area contributed by atoms with E-state index in [1.165, 1.54) is 6.07 Å². The first-order valence-electron chi connectivity index (χ1n) is 7.64. The fourth-order valence-corrected chi connectivity index (χ4v) is 3.72. The van der Waals surface area contributed by atoms with Gasteiger partial charge in [0.05, 0.1) is 22.3 Å². The maximum atomic E-state index is 12.2. The van der Waals surface area contributed by atoms with Gasteiger partial charge in [-0.15, -0.1) is 0 Å². The normalized spacial score (nSPS) is 11.7. The monoisotopic (exact) mass is 411 g/mol. The number of nitrogens with zero attached hydrogens (tertiary/aromatic N) is 2. The minimum Gasteiger partial charge on any atom is -0.338 e. The number of halogens is 2. The molecule has 136 valence electrons. The number of rotatable bonds is 6. The van der Waals surface area contributed by atoms with Crippen molar-refractivity contribution >= 4 is 33.2 Å². The van der Waals surface area contributed by atoms with E-state index in [0.717, 1.165) is 11.1 Å². The van der Waals surface area contributed by atoms with Gasteiger partial charge in [0.25, 0.3) is 0 Å². The standard InChI is InChI=1S/C17H15Cl2N3O3S/c1-11-4-2-3-5-13(11)17-21-16(25-22-17)9-20-26(23,24)10-12-6-7-14(18)15(19)8-12/h2-8,20H,9-10H2,1H3. The summed E-state index contributed by atoms with van der Waals surface area (Å²) in [7, 11) is -3.61. The molecular formula is C17H15Cl2N3O3S. The third-order valence-electron chi connectivity index (χ3n) is 3.64. The summed E-state index contributed by atoms with van der Waals surface area (Å²) in [6.45, 7) is 1.84. The number of benzene rings is 2. The number of aryl methyl sites for hydroxylation is 1. The van der Waals surface area contributed by atoms with Gasteiger partial charge in [0.15, 0.2) is 0 Å². The topological polar surface area (TPSA) is 85.1 Å². The maximum Gasteiger partial charge on any atom is 0.242 e. The summed E-state index contributed by atoms with van der Waals surface area (Å²) in [6.07, 6.45) is 0. The fraction of sp³-hybridized carbons (Fsp3) is 0.176. The zero-order valence-electron chi connectivity index (χ0n) is 13.7. The molecule has 1 aromatic heterocycles. The van der Waals surface area contributed by atoms with E-state index in [4.69, 9.17) is 27.7 Å². The quantitative estimate of drug-likeness (QED) is 0.662. The zero-order valence-corrected chi connectivity index (χ0v) is 16.1. The van der Waals surface area contributed by atoms with Gasteiger partial charge in [-0.25, -0.2) is 13.1 Å². The van der Waals surface area contributed by atoms with Crippen LogP contribution in [0.4, 0.5) is 0 Å². The molecule has 0 aliphatic rings. The van der Waals surface area contributed by atoms with Crippen LogP contribution in [0, 0.1) is 6.92 Å². The second-order valence-corrected chi connectivity index (χ2v) is 8.28. The molecular weight excluding hydrogens is 397 g/mol. The molecule has 3 rings (SSSR count). The van der Waals surface area contributed by atoms with Crippen molar-refractivity contribution in [2.45, 2.75) is 19.2 Å². The van der Waals surface area contributed by atoms with Crippen LogP contribution < -0.4 is 4.72 Å². The zero-order chi connectivity index (χ0) is 18.7. The van der Waals surface area contributed by atoms with E-state index < -0.39 is 10.0 Å². The molecule has 0 saturated carbocycles. The molecule has 1 heterocycles. The van der Waals surface area contributed by atoms with Crippen LogP contribution in [0.15, 0.2) is 47.0 Å². The summed E-state index contributed by atoms with van der Waals surface area (Å²) < 4.78 is 32.0. The van der Waals surface area contributed by atoms with Crippen LogP contribution in [0.1, 0.15) is 17.0 Å². The molecule has 0 aliphatic heterocycles. The Hall–Kier alpha value is -1.93. The Morgan fingerprint density at radius 2 is 1.88 bits per heavy atom. The van der Waals surface area contributed by atoms with Crippen LogP contribution in [0.25, 0.3) is 11.4 Å². The van der Waals surface area contributed by atoms with E-state index in [1.807, 2.05) is 31.2 Å². The lowest BCUT2D eigenvalue weighted by Crippen LogP contribution is -2.24. The Labute approximate surface area is 161 Å². The lowest BCUT2D eigenvalue weighted by molar-refractivity contribution is 0.376. The van der Waals surface area contributed by atoms with Crippen LogP contribution in [-0.4, -0.2) is 18.6 Å². The summed E-state index contributed by atoms with van der Waals surface area (Å²) in [5.41, 5.74) is 2.36. The third kappa shape index (κ3) is 4.62. The van der Waals surface area contributed by atoms with Crippen LogP contribution in [0.2, 0.25) is 10.0 Å². The van der Waals surface area contributed by atoms with Crippen LogP contribution in [0.3, 0.4) is 0 Å². The molecule has 3 aromatic rings. The van der Waals surface area contributed by atoms with E-state index in [0.29, 0.717) is 21.4 Å². The van der Waals surface area contributed by atoms with Gasteiger partial charge in [0, 0.05) is 5.56 Å². The summed E-state index contributed by atoms with van der Waals surface area (Å²) in [5, 5.41) is 4.58. The summed E-state index contributed by atoms with van der Waals surface area (Å²) in [5.74, 6) is 0.366. The highest BCUT2D eigenvalue weighted by Gasteiger charge is 2.16. The Bertz CT molecular complexity index is 1040. The molecule has 0 saturated heterocycles. The molecule has 0 amide bonds. The molecule has 9 heteroatoms. The van der Waals surface area contributed by atoms with E-state index in [-0.39, 0.29) is 18.2 Å². The summed E-state index contributed by atoms with van der Waals surface area (Å²) in [6, 6.07) is 12.3. The van der Waals surface area contributed by atoms with Gasteiger partial charge >= 0.3 is 0 Å². The van der Waals surface area contributed by atoms with Gasteiger partial charge in [-0.3, -0.25) is 0 Å². The van der Waals surface area contributed by atoms with Crippen molar-refractivity contribution in [1.82, 2.24) is 14.9 Å². The first-order chi connectivity index (χ1) is 12.3. The molecule has 0 aliphatic carbocycles. The molecule has 0 fully saturated rings. The van der Waals surface area contributed by atoms with Crippen molar-refractivity contribution in [1.29, 1.82) is 0 Å². The molecule has 0 radical (unpaired) electrons. The van der Waals surface area contributed by atoms with Crippen molar-refractivity contribution in [3.05, 3.63) is 69.5 Å². The van der Waals surface area contributed by atoms with Crippen molar-refractivity contribution in [3.63, 3.8) is 0 Å². The highest BCUT2D eigenvalue weighted by molar-refractivity contribution is 7.88. The van der Waals surface area contributed by atoms with Crippen LogP contribution >= 0.6 is 23.2 Å².